The highest BCUT2D eigenvalue weighted by Crippen LogP contribution is 2.35. The highest BCUT2D eigenvalue weighted by molar-refractivity contribution is 5.95. The van der Waals surface area contributed by atoms with Crippen molar-refractivity contribution in [2.45, 2.75) is 38.4 Å². The molecule has 0 N–H and O–H groups in total. The minimum atomic E-state index is -0.0178. The van der Waals surface area contributed by atoms with Gasteiger partial charge in [0.25, 0.3) is 5.91 Å². The number of carbonyl (C=O) groups is 1. The van der Waals surface area contributed by atoms with Crippen molar-refractivity contribution in [3.05, 3.63) is 90.0 Å². The highest BCUT2D eigenvalue weighted by atomic mass is 16.2. The number of carbonyl (C=O) groups excluding carboxylic acids is 1. The Balaban J connectivity index is 1.52. The molecule has 2 aromatic heterocycles. The maximum absolute atomic E-state index is 13.2. The second kappa shape index (κ2) is 7.16. The lowest BCUT2D eigenvalue weighted by atomic mass is 10.1. The summed E-state index contributed by atoms with van der Waals surface area (Å²) in [5, 5.41) is 0. The molecule has 26 heavy (non-hydrogen) atoms. The summed E-state index contributed by atoms with van der Waals surface area (Å²) in [5.74, 6) is 0.0955. The van der Waals surface area contributed by atoms with Crippen LogP contribution in [0.15, 0.2) is 73.2 Å². The van der Waals surface area contributed by atoms with Crippen LogP contribution in [-0.2, 0) is 6.54 Å². The number of amides is 1. The molecule has 0 spiro atoms. The summed E-state index contributed by atoms with van der Waals surface area (Å²) in [6.45, 7) is 2.89. The second-order valence-corrected chi connectivity index (χ2v) is 6.93. The first-order chi connectivity index (χ1) is 12.7. The average Bonchev–Trinajstić information content (AvgIpc) is 3.38. The first kappa shape index (κ1) is 16.6. The van der Waals surface area contributed by atoms with Gasteiger partial charge in [-0.2, -0.15) is 0 Å². The largest absolute Gasteiger partial charge is 0.350 e. The topological polar surface area (TPSA) is 38.1 Å². The van der Waals surface area contributed by atoms with E-state index in [0.29, 0.717) is 6.04 Å². The van der Waals surface area contributed by atoms with Crippen molar-refractivity contribution < 1.29 is 4.79 Å². The van der Waals surface area contributed by atoms with Crippen LogP contribution in [0, 0.1) is 0 Å². The van der Waals surface area contributed by atoms with Crippen molar-refractivity contribution in [1.29, 1.82) is 0 Å². The van der Waals surface area contributed by atoms with E-state index in [2.05, 4.69) is 16.5 Å². The number of nitrogens with zero attached hydrogens (tertiary/aromatic N) is 3. The number of rotatable bonds is 6. The number of aromatic nitrogens is 2. The predicted octanol–water partition coefficient (Wildman–Crippen LogP) is 4.30. The minimum absolute atomic E-state index is 0.0178. The molecule has 1 aliphatic rings. The van der Waals surface area contributed by atoms with Gasteiger partial charge in [-0.15, -0.1) is 0 Å². The van der Waals surface area contributed by atoms with Crippen LogP contribution < -0.4 is 0 Å². The van der Waals surface area contributed by atoms with E-state index in [1.807, 2.05) is 71.9 Å². The molecular weight excluding hydrogens is 322 g/mol. The molecule has 1 unspecified atom stereocenters. The van der Waals surface area contributed by atoms with E-state index < -0.39 is 0 Å². The van der Waals surface area contributed by atoms with Crippen LogP contribution in [0.5, 0.6) is 0 Å². The van der Waals surface area contributed by atoms with E-state index in [-0.39, 0.29) is 11.9 Å². The van der Waals surface area contributed by atoms with Crippen molar-refractivity contribution in [1.82, 2.24) is 14.5 Å². The molecule has 4 rings (SSSR count). The lowest BCUT2D eigenvalue weighted by Crippen LogP contribution is -2.35. The van der Waals surface area contributed by atoms with Gasteiger partial charge >= 0.3 is 0 Å². The molecule has 4 nitrogen and oxygen atoms in total. The number of benzene rings is 1. The molecule has 3 aromatic rings. The second-order valence-electron chi connectivity index (χ2n) is 6.93. The maximum atomic E-state index is 13.2. The third-order valence-corrected chi connectivity index (χ3v) is 4.94. The molecular formula is C22H23N3O. The Bertz CT molecular complexity index is 852. The van der Waals surface area contributed by atoms with Gasteiger partial charge in [-0.1, -0.05) is 18.2 Å². The summed E-state index contributed by atoms with van der Waals surface area (Å²) in [5.41, 5.74) is 2.88. The summed E-state index contributed by atoms with van der Waals surface area (Å²) in [6.07, 6.45) is 8.03. The molecule has 1 atom stereocenters. The molecule has 0 aliphatic heterocycles. The van der Waals surface area contributed by atoms with E-state index in [4.69, 9.17) is 0 Å². The lowest BCUT2D eigenvalue weighted by Gasteiger charge is -2.29. The predicted molar refractivity (Wildman–Crippen MR) is 102 cm³/mol. The first-order valence-corrected chi connectivity index (χ1v) is 9.15. The number of hydrogen-bond donors (Lipinski definition) is 0. The Hall–Kier alpha value is -2.88. The lowest BCUT2D eigenvalue weighted by molar-refractivity contribution is 0.0670. The minimum Gasteiger partial charge on any atom is -0.350 e. The molecule has 1 amide bonds. The Morgan fingerprint density at radius 3 is 2.46 bits per heavy atom. The molecule has 1 saturated carbocycles. The normalized spacial score (nSPS) is 14.8. The van der Waals surface area contributed by atoms with Crippen molar-refractivity contribution in [2.75, 3.05) is 0 Å². The van der Waals surface area contributed by atoms with E-state index in [0.717, 1.165) is 30.6 Å². The molecule has 0 radical (unpaired) electrons. The molecule has 1 aliphatic carbocycles. The van der Waals surface area contributed by atoms with Gasteiger partial charge in [-0.25, -0.2) is 0 Å². The van der Waals surface area contributed by atoms with Gasteiger partial charge < -0.3 is 9.47 Å². The molecule has 0 bridgehead atoms. The van der Waals surface area contributed by atoms with Gasteiger partial charge in [-0.05, 0) is 61.7 Å². The van der Waals surface area contributed by atoms with E-state index in [1.54, 1.807) is 6.20 Å². The van der Waals surface area contributed by atoms with Gasteiger partial charge in [0.15, 0.2) is 0 Å². The maximum Gasteiger partial charge on any atom is 0.254 e. The zero-order chi connectivity index (χ0) is 17.9. The zero-order valence-electron chi connectivity index (χ0n) is 15.0. The first-order valence-electron chi connectivity index (χ1n) is 9.15. The van der Waals surface area contributed by atoms with Crippen LogP contribution in [0.2, 0.25) is 0 Å². The molecule has 1 aromatic carbocycles. The summed E-state index contributed by atoms with van der Waals surface area (Å²) in [6, 6.07) is 18.2. The van der Waals surface area contributed by atoms with E-state index in [1.165, 1.54) is 5.56 Å². The van der Waals surface area contributed by atoms with Gasteiger partial charge in [0.1, 0.15) is 0 Å². The fourth-order valence-corrected chi connectivity index (χ4v) is 3.36. The molecule has 132 valence electrons. The van der Waals surface area contributed by atoms with Gasteiger partial charge in [0, 0.05) is 36.7 Å². The quantitative estimate of drug-likeness (QED) is 0.668. The van der Waals surface area contributed by atoms with Crippen LogP contribution in [0.25, 0.3) is 0 Å². The Kier molecular flexibility index (Phi) is 4.57. The van der Waals surface area contributed by atoms with Crippen molar-refractivity contribution in [2.24, 2.45) is 0 Å². The molecule has 2 heterocycles. The van der Waals surface area contributed by atoms with Crippen molar-refractivity contribution in [3.8, 4) is 0 Å². The highest BCUT2D eigenvalue weighted by Gasteiger charge is 2.37. The van der Waals surface area contributed by atoms with Crippen LogP contribution in [0.3, 0.4) is 0 Å². The summed E-state index contributed by atoms with van der Waals surface area (Å²) >= 11 is 0. The summed E-state index contributed by atoms with van der Waals surface area (Å²) in [4.78, 5) is 19.6. The molecule has 4 heteroatoms. The Labute approximate surface area is 154 Å². The molecule has 1 fully saturated rings. The van der Waals surface area contributed by atoms with Gasteiger partial charge in [0.2, 0.25) is 0 Å². The molecule has 0 saturated heterocycles. The third kappa shape index (κ3) is 3.54. The summed E-state index contributed by atoms with van der Waals surface area (Å²) < 4.78 is 2.12. The van der Waals surface area contributed by atoms with Crippen LogP contribution in [0.1, 0.15) is 47.4 Å². The fourth-order valence-electron chi connectivity index (χ4n) is 3.36. The van der Waals surface area contributed by atoms with E-state index in [9.17, 15) is 4.79 Å². The standard InChI is InChI=1S/C22H23N3O/c1-17(21-6-2-3-13-23-21)25(20-11-12-20)22(26)19-9-7-18(8-10-19)16-24-14-4-5-15-24/h2-10,13-15,17,20H,11-12,16H2,1H3. The SMILES string of the molecule is CC(c1ccccn1)N(C(=O)c1ccc(Cn2cccc2)cc1)C1CC1. The smallest absolute Gasteiger partial charge is 0.254 e. The van der Waals surface area contributed by atoms with Crippen LogP contribution in [-0.4, -0.2) is 26.4 Å². The van der Waals surface area contributed by atoms with Crippen LogP contribution >= 0.6 is 0 Å². The number of pyridine rings is 1. The fraction of sp³-hybridized carbons (Fsp3) is 0.273. The van der Waals surface area contributed by atoms with Crippen molar-refractivity contribution in [3.63, 3.8) is 0 Å². The zero-order valence-corrected chi connectivity index (χ0v) is 15.0. The van der Waals surface area contributed by atoms with Crippen molar-refractivity contribution >= 4 is 5.91 Å². The Morgan fingerprint density at radius 2 is 1.85 bits per heavy atom. The van der Waals surface area contributed by atoms with E-state index >= 15 is 0 Å². The van der Waals surface area contributed by atoms with Gasteiger partial charge in [-0.3, -0.25) is 9.78 Å². The summed E-state index contributed by atoms with van der Waals surface area (Å²) in [7, 11) is 0. The monoisotopic (exact) mass is 345 g/mol. The number of hydrogen-bond acceptors (Lipinski definition) is 2. The third-order valence-electron chi connectivity index (χ3n) is 4.94. The van der Waals surface area contributed by atoms with Crippen LogP contribution in [0.4, 0.5) is 0 Å². The average molecular weight is 345 g/mol. The van der Waals surface area contributed by atoms with Gasteiger partial charge in [0.05, 0.1) is 11.7 Å². The Morgan fingerprint density at radius 1 is 1.12 bits per heavy atom.